The van der Waals surface area contributed by atoms with E-state index < -0.39 is 30.5 Å². The molecule has 0 radical (unpaired) electrons. The Balaban J connectivity index is 2.51. The van der Waals surface area contributed by atoms with E-state index in [9.17, 15) is 14.4 Å². The lowest BCUT2D eigenvalue weighted by molar-refractivity contribution is -0.148. The van der Waals surface area contributed by atoms with Crippen LogP contribution < -0.4 is 5.32 Å². The molecule has 0 fully saturated rings. The molecule has 7 heteroatoms. The van der Waals surface area contributed by atoms with Crippen molar-refractivity contribution in [3.8, 4) is 0 Å². The fourth-order valence-electron chi connectivity index (χ4n) is 1.97. The second kappa shape index (κ2) is 10.5. The Morgan fingerprint density at radius 2 is 2.04 bits per heavy atom. The van der Waals surface area contributed by atoms with Crippen LogP contribution in [0.1, 0.15) is 25.8 Å². The lowest BCUT2D eigenvalue weighted by Crippen LogP contribution is -2.47. The molecule has 25 heavy (non-hydrogen) atoms. The Labute approximate surface area is 152 Å². The van der Waals surface area contributed by atoms with Gasteiger partial charge in [-0.1, -0.05) is 44.0 Å². The summed E-state index contributed by atoms with van der Waals surface area (Å²) in [5, 5.41) is 3.07. The molecule has 1 amide bonds. The molecule has 0 aliphatic rings. The molecule has 6 nitrogen and oxygen atoms in total. The lowest BCUT2D eigenvalue weighted by atomic mass is 9.99. The van der Waals surface area contributed by atoms with Crippen LogP contribution >= 0.6 is 11.6 Å². The molecule has 1 N–H and O–H groups in total. The predicted octanol–water partition coefficient (Wildman–Crippen LogP) is 2.60. The first-order valence-electron chi connectivity index (χ1n) is 7.85. The van der Waals surface area contributed by atoms with Gasteiger partial charge in [0.25, 0.3) is 5.91 Å². The predicted molar refractivity (Wildman–Crippen MR) is 94.8 cm³/mol. The van der Waals surface area contributed by atoms with Crippen LogP contribution in [0.25, 0.3) is 6.08 Å². The second-order valence-corrected chi connectivity index (χ2v) is 5.89. The molecule has 0 saturated heterocycles. The van der Waals surface area contributed by atoms with Crippen LogP contribution in [0.15, 0.2) is 30.3 Å². The van der Waals surface area contributed by atoms with Crippen molar-refractivity contribution in [2.75, 3.05) is 13.7 Å². The summed E-state index contributed by atoms with van der Waals surface area (Å²) in [5.41, 5.74) is 0.733. The number of carbonyl (C=O) groups is 3. The fraction of sp³-hybridized carbons (Fsp3) is 0.389. The van der Waals surface area contributed by atoms with E-state index in [2.05, 4.69) is 10.1 Å². The summed E-state index contributed by atoms with van der Waals surface area (Å²) in [6.45, 7) is 3.23. The second-order valence-electron chi connectivity index (χ2n) is 5.45. The van der Waals surface area contributed by atoms with E-state index in [1.807, 2.05) is 13.8 Å². The standard InChI is InChI=1S/C18H22ClNO5/c1-4-12(2)17(18(23)24-3)20-15(21)11-25-16(22)9-8-13-6-5-7-14(19)10-13/h5-10,12,17H,4,11H2,1-3H3,(H,20,21)/b9-8+/t12-,17+/m1/s1. The topological polar surface area (TPSA) is 81.7 Å². The van der Waals surface area contributed by atoms with Gasteiger partial charge in [0.15, 0.2) is 6.61 Å². The minimum Gasteiger partial charge on any atom is -0.467 e. The highest BCUT2D eigenvalue weighted by Gasteiger charge is 2.26. The molecule has 1 aromatic rings. The number of ether oxygens (including phenoxy) is 2. The monoisotopic (exact) mass is 367 g/mol. The minimum atomic E-state index is -0.775. The van der Waals surface area contributed by atoms with E-state index >= 15 is 0 Å². The quantitative estimate of drug-likeness (QED) is 0.564. The van der Waals surface area contributed by atoms with Gasteiger partial charge in [-0.3, -0.25) is 4.79 Å². The van der Waals surface area contributed by atoms with Gasteiger partial charge in [-0.15, -0.1) is 0 Å². The van der Waals surface area contributed by atoms with Gasteiger partial charge in [0.2, 0.25) is 0 Å². The smallest absolute Gasteiger partial charge is 0.331 e. The van der Waals surface area contributed by atoms with E-state index in [0.717, 1.165) is 5.56 Å². The number of halogens is 1. The van der Waals surface area contributed by atoms with E-state index in [0.29, 0.717) is 11.4 Å². The van der Waals surface area contributed by atoms with Gasteiger partial charge in [-0.25, -0.2) is 9.59 Å². The van der Waals surface area contributed by atoms with E-state index in [1.54, 1.807) is 24.3 Å². The van der Waals surface area contributed by atoms with Crippen LogP contribution in [0.2, 0.25) is 5.02 Å². The number of nitrogens with one attached hydrogen (secondary N) is 1. The maximum atomic E-state index is 11.9. The SMILES string of the molecule is CC[C@@H](C)[C@H](NC(=O)COC(=O)/C=C/c1cccc(Cl)c1)C(=O)OC. The number of benzene rings is 1. The Bertz CT molecular complexity index is 644. The number of hydrogen-bond donors (Lipinski definition) is 1. The summed E-state index contributed by atoms with van der Waals surface area (Å²) in [4.78, 5) is 35.2. The number of methoxy groups -OCH3 is 1. The largest absolute Gasteiger partial charge is 0.467 e. The average molecular weight is 368 g/mol. The first-order valence-corrected chi connectivity index (χ1v) is 8.22. The minimum absolute atomic E-state index is 0.102. The van der Waals surface area contributed by atoms with Crippen LogP contribution in [0.4, 0.5) is 0 Å². The molecule has 1 aromatic carbocycles. The maximum absolute atomic E-state index is 11.9. The van der Waals surface area contributed by atoms with Crippen molar-refractivity contribution in [1.82, 2.24) is 5.32 Å². The number of rotatable bonds is 8. The first-order chi connectivity index (χ1) is 11.9. The third kappa shape index (κ3) is 7.39. The van der Waals surface area contributed by atoms with Gasteiger partial charge in [0, 0.05) is 11.1 Å². The molecular weight excluding hydrogens is 346 g/mol. The summed E-state index contributed by atoms with van der Waals surface area (Å²) >= 11 is 5.85. The van der Waals surface area contributed by atoms with Crippen molar-refractivity contribution in [3.05, 3.63) is 40.9 Å². The molecule has 2 atom stereocenters. The van der Waals surface area contributed by atoms with Gasteiger partial charge < -0.3 is 14.8 Å². The van der Waals surface area contributed by atoms with Crippen molar-refractivity contribution in [2.24, 2.45) is 5.92 Å². The van der Waals surface area contributed by atoms with Gasteiger partial charge in [-0.2, -0.15) is 0 Å². The molecule has 0 aromatic heterocycles. The van der Waals surface area contributed by atoms with Crippen molar-refractivity contribution >= 4 is 35.5 Å². The summed E-state index contributed by atoms with van der Waals surface area (Å²) < 4.78 is 9.54. The zero-order valence-electron chi connectivity index (χ0n) is 14.5. The molecule has 1 rings (SSSR count). The third-order valence-corrected chi connectivity index (χ3v) is 3.83. The Morgan fingerprint density at radius 1 is 1.32 bits per heavy atom. The molecule has 0 aliphatic carbocycles. The van der Waals surface area contributed by atoms with Crippen molar-refractivity contribution in [3.63, 3.8) is 0 Å². The third-order valence-electron chi connectivity index (χ3n) is 3.59. The van der Waals surface area contributed by atoms with Gasteiger partial charge >= 0.3 is 11.9 Å². The summed E-state index contributed by atoms with van der Waals surface area (Å²) in [6, 6.07) is 6.16. The van der Waals surface area contributed by atoms with Crippen molar-refractivity contribution in [1.29, 1.82) is 0 Å². The molecule has 136 valence electrons. The van der Waals surface area contributed by atoms with Gasteiger partial charge in [0.05, 0.1) is 7.11 Å². The highest BCUT2D eigenvalue weighted by Crippen LogP contribution is 2.12. The van der Waals surface area contributed by atoms with Crippen molar-refractivity contribution < 1.29 is 23.9 Å². The molecule has 0 saturated carbocycles. The normalized spacial score (nSPS) is 13.1. The van der Waals surface area contributed by atoms with Gasteiger partial charge in [-0.05, 0) is 29.7 Å². The first kappa shape index (κ1) is 20.7. The Hall–Kier alpha value is -2.34. The highest BCUT2D eigenvalue weighted by molar-refractivity contribution is 6.30. The summed E-state index contributed by atoms with van der Waals surface area (Å²) in [7, 11) is 1.25. The summed E-state index contributed by atoms with van der Waals surface area (Å²) in [6.07, 6.45) is 3.41. The Kier molecular flexibility index (Phi) is 8.70. The van der Waals surface area contributed by atoms with Crippen LogP contribution in [0.5, 0.6) is 0 Å². The van der Waals surface area contributed by atoms with Crippen LogP contribution in [-0.2, 0) is 23.9 Å². The van der Waals surface area contributed by atoms with Crippen LogP contribution in [0.3, 0.4) is 0 Å². The number of esters is 2. The lowest BCUT2D eigenvalue weighted by Gasteiger charge is -2.21. The zero-order chi connectivity index (χ0) is 18.8. The van der Waals surface area contributed by atoms with E-state index in [1.165, 1.54) is 19.3 Å². The van der Waals surface area contributed by atoms with E-state index in [4.69, 9.17) is 16.3 Å². The molecule has 0 aliphatic heterocycles. The molecule has 0 bridgehead atoms. The van der Waals surface area contributed by atoms with Gasteiger partial charge in [0.1, 0.15) is 6.04 Å². The molecule has 0 unspecified atom stereocenters. The maximum Gasteiger partial charge on any atom is 0.331 e. The fourth-order valence-corrected chi connectivity index (χ4v) is 2.17. The number of hydrogen-bond acceptors (Lipinski definition) is 5. The summed E-state index contributed by atoms with van der Waals surface area (Å²) in [5.74, 6) is -1.88. The Morgan fingerprint density at radius 3 is 2.64 bits per heavy atom. The van der Waals surface area contributed by atoms with Crippen molar-refractivity contribution in [2.45, 2.75) is 26.3 Å². The number of carbonyl (C=O) groups excluding carboxylic acids is 3. The zero-order valence-corrected chi connectivity index (χ0v) is 15.2. The van der Waals surface area contributed by atoms with Crippen LogP contribution in [-0.4, -0.2) is 37.6 Å². The highest BCUT2D eigenvalue weighted by atomic mass is 35.5. The molecular formula is C18H22ClNO5. The molecule has 0 heterocycles. The average Bonchev–Trinajstić information content (AvgIpc) is 2.61. The van der Waals surface area contributed by atoms with Crippen LogP contribution in [0, 0.1) is 5.92 Å². The number of amides is 1. The van der Waals surface area contributed by atoms with E-state index in [-0.39, 0.29) is 5.92 Å². The molecule has 0 spiro atoms.